The van der Waals surface area contributed by atoms with Crippen molar-refractivity contribution in [2.75, 3.05) is 13.1 Å². The van der Waals surface area contributed by atoms with Gasteiger partial charge in [-0.25, -0.2) is 8.42 Å². The van der Waals surface area contributed by atoms with Crippen LogP contribution in [0.4, 0.5) is 13.2 Å². The zero-order chi connectivity index (χ0) is 19.3. The number of alkyl halides is 3. The van der Waals surface area contributed by atoms with E-state index < -0.39 is 21.8 Å². The SMILES string of the molecule is O=S(=O)(c1ccc(C(F)(F)F)cc1)N1CCC2(C=Cc3cccnc32)CC1. The van der Waals surface area contributed by atoms with E-state index in [4.69, 9.17) is 0 Å². The lowest BCUT2D eigenvalue weighted by Gasteiger charge is -2.37. The van der Waals surface area contributed by atoms with Gasteiger partial charge in [0.25, 0.3) is 0 Å². The number of nitrogens with zero attached hydrogens (tertiary/aromatic N) is 2. The third-order valence-electron chi connectivity index (χ3n) is 5.33. The van der Waals surface area contributed by atoms with E-state index in [1.165, 1.54) is 4.31 Å². The molecule has 0 N–H and O–H groups in total. The maximum Gasteiger partial charge on any atom is 0.416 e. The van der Waals surface area contributed by atoms with Gasteiger partial charge in [0.1, 0.15) is 0 Å². The predicted octanol–water partition coefficient (Wildman–Crippen LogP) is 3.85. The molecule has 0 bridgehead atoms. The summed E-state index contributed by atoms with van der Waals surface area (Å²) in [7, 11) is -3.83. The maximum atomic E-state index is 12.8. The van der Waals surface area contributed by atoms with Gasteiger partial charge >= 0.3 is 6.18 Å². The molecule has 8 heteroatoms. The molecule has 1 spiro atoms. The van der Waals surface area contributed by atoms with Crippen molar-refractivity contribution in [3.8, 4) is 0 Å². The molecule has 4 rings (SSSR count). The molecule has 0 atom stereocenters. The average Bonchev–Trinajstić information content (AvgIpc) is 3.00. The van der Waals surface area contributed by atoms with Crippen molar-refractivity contribution in [2.45, 2.75) is 29.3 Å². The molecule has 0 unspecified atom stereocenters. The van der Waals surface area contributed by atoms with Crippen LogP contribution in [-0.2, 0) is 21.6 Å². The van der Waals surface area contributed by atoms with Crippen LogP contribution < -0.4 is 0 Å². The summed E-state index contributed by atoms with van der Waals surface area (Å²) in [5.41, 5.74) is 0.897. The molecular weight excluding hydrogens is 377 g/mol. The van der Waals surface area contributed by atoms with Crippen LogP contribution in [0.3, 0.4) is 0 Å². The molecule has 1 aromatic heterocycles. The van der Waals surface area contributed by atoms with Gasteiger partial charge in [-0.2, -0.15) is 17.5 Å². The highest BCUT2D eigenvalue weighted by Crippen LogP contribution is 2.43. The molecule has 2 aromatic rings. The lowest BCUT2D eigenvalue weighted by Crippen LogP contribution is -2.44. The van der Waals surface area contributed by atoms with Crippen molar-refractivity contribution in [1.82, 2.24) is 9.29 Å². The minimum Gasteiger partial charge on any atom is -0.260 e. The molecule has 1 aliphatic carbocycles. The van der Waals surface area contributed by atoms with Gasteiger partial charge < -0.3 is 0 Å². The highest BCUT2D eigenvalue weighted by molar-refractivity contribution is 7.89. The van der Waals surface area contributed by atoms with Gasteiger partial charge in [0, 0.05) is 24.7 Å². The number of rotatable bonds is 2. The Kier molecular flexibility index (Phi) is 4.16. The summed E-state index contributed by atoms with van der Waals surface area (Å²) in [6, 6.07) is 7.51. The fourth-order valence-corrected chi connectivity index (χ4v) is 5.23. The standard InChI is InChI=1S/C19H17F3N2O2S/c20-19(21,22)15-3-5-16(6-4-15)27(25,26)24-12-9-18(10-13-24)8-7-14-2-1-11-23-17(14)18/h1-8,11H,9-10,12-13H2. The van der Waals surface area contributed by atoms with Gasteiger partial charge in [0.2, 0.25) is 10.0 Å². The Morgan fingerprint density at radius 1 is 1.04 bits per heavy atom. The molecule has 0 saturated carbocycles. The first-order valence-electron chi connectivity index (χ1n) is 8.55. The summed E-state index contributed by atoms with van der Waals surface area (Å²) < 4.78 is 65.0. The molecule has 1 aliphatic heterocycles. The fraction of sp³-hybridized carbons (Fsp3) is 0.316. The van der Waals surface area contributed by atoms with E-state index in [1.54, 1.807) is 6.20 Å². The van der Waals surface area contributed by atoms with E-state index in [9.17, 15) is 21.6 Å². The minimum absolute atomic E-state index is 0.119. The van der Waals surface area contributed by atoms with E-state index in [2.05, 4.69) is 11.1 Å². The lowest BCUT2D eigenvalue weighted by molar-refractivity contribution is -0.137. The third kappa shape index (κ3) is 3.06. The Labute approximate surface area is 155 Å². The van der Waals surface area contributed by atoms with E-state index in [0.717, 1.165) is 35.5 Å². The summed E-state index contributed by atoms with van der Waals surface area (Å²) >= 11 is 0. The number of hydrogen-bond donors (Lipinski definition) is 0. The Hall–Kier alpha value is -2.19. The van der Waals surface area contributed by atoms with Crippen LogP contribution in [0.2, 0.25) is 0 Å². The van der Waals surface area contributed by atoms with Crippen LogP contribution in [0.25, 0.3) is 6.08 Å². The number of fused-ring (bicyclic) bond motifs is 2. The number of hydrogen-bond acceptors (Lipinski definition) is 3. The molecule has 27 heavy (non-hydrogen) atoms. The minimum atomic E-state index is -4.49. The van der Waals surface area contributed by atoms with Crippen molar-refractivity contribution in [3.05, 3.63) is 65.5 Å². The maximum absolute atomic E-state index is 12.8. The first kappa shape index (κ1) is 18.2. The first-order valence-corrected chi connectivity index (χ1v) is 9.99. The number of benzene rings is 1. The number of pyridine rings is 1. The van der Waals surface area contributed by atoms with Gasteiger partial charge in [-0.1, -0.05) is 18.2 Å². The molecular formula is C19H17F3N2O2S. The number of aromatic nitrogens is 1. The predicted molar refractivity (Wildman–Crippen MR) is 94.4 cm³/mol. The smallest absolute Gasteiger partial charge is 0.260 e. The zero-order valence-electron chi connectivity index (χ0n) is 14.3. The van der Waals surface area contributed by atoms with Crippen molar-refractivity contribution >= 4 is 16.1 Å². The lowest BCUT2D eigenvalue weighted by atomic mass is 9.78. The molecule has 1 fully saturated rings. The van der Waals surface area contributed by atoms with Crippen molar-refractivity contribution in [2.24, 2.45) is 0 Å². The Bertz CT molecular complexity index is 990. The van der Waals surface area contributed by atoms with Crippen LogP contribution in [0.5, 0.6) is 0 Å². The van der Waals surface area contributed by atoms with Gasteiger partial charge in [0.15, 0.2) is 0 Å². The third-order valence-corrected chi connectivity index (χ3v) is 7.24. The van der Waals surface area contributed by atoms with Crippen molar-refractivity contribution < 1.29 is 21.6 Å². The van der Waals surface area contributed by atoms with Crippen LogP contribution in [0.15, 0.2) is 53.6 Å². The number of piperidine rings is 1. The van der Waals surface area contributed by atoms with Crippen LogP contribution in [0.1, 0.15) is 29.7 Å². The van der Waals surface area contributed by atoms with Gasteiger partial charge in [-0.15, -0.1) is 0 Å². The summed E-state index contributed by atoms with van der Waals surface area (Å²) in [6.07, 6.45) is 2.53. The summed E-state index contributed by atoms with van der Waals surface area (Å²) in [4.78, 5) is 4.36. The topological polar surface area (TPSA) is 50.3 Å². The molecule has 2 heterocycles. The second-order valence-electron chi connectivity index (χ2n) is 6.86. The van der Waals surface area contributed by atoms with E-state index >= 15 is 0 Å². The Balaban J connectivity index is 1.54. The van der Waals surface area contributed by atoms with Crippen LogP contribution >= 0.6 is 0 Å². The fourth-order valence-electron chi connectivity index (χ4n) is 3.79. The highest BCUT2D eigenvalue weighted by Gasteiger charge is 2.42. The molecule has 142 valence electrons. The Morgan fingerprint density at radius 2 is 1.70 bits per heavy atom. The van der Waals surface area contributed by atoms with Gasteiger partial charge in [0.05, 0.1) is 16.2 Å². The van der Waals surface area contributed by atoms with Gasteiger partial charge in [-0.3, -0.25) is 4.98 Å². The summed E-state index contributed by atoms with van der Waals surface area (Å²) in [5.74, 6) is 0. The number of halogens is 3. The van der Waals surface area contributed by atoms with E-state index in [1.807, 2.05) is 18.2 Å². The molecule has 2 aliphatic rings. The second-order valence-corrected chi connectivity index (χ2v) is 8.79. The monoisotopic (exact) mass is 394 g/mol. The van der Waals surface area contributed by atoms with Gasteiger partial charge in [-0.05, 0) is 48.7 Å². The first-order chi connectivity index (χ1) is 12.7. The number of allylic oxidation sites excluding steroid dienone is 1. The summed E-state index contributed by atoms with van der Waals surface area (Å²) in [5, 5.41) is 0. The van der Waals surface area contributed by atoms with E-state index in [-0.39, 0.29) is 10.3 Å². The molecule has 0 amide bonds. The van der Waals surface area contributed by atoms with Crippen LogP contribution in [-0.4, -0.2) is 30.8 Å². The van der Waals surface area contributed by atoms with Crippen LogP contribution in [0, 0.1) is 0 Å². The largest absolute Gasteiger partial charge is 0.416 e. The van der Waals surface area contributed by atoms with Crippen molar-refractivity contribution in [3.63, 3.8) is 0 Å². The molecule has 4 nitrogen and oxygen atoms in total. The van der Waals surface area contributed by atoms with E-state index in [0.29, 0.717) is 25.9 Å². The quantitative estimate of drug-likeness (QED) is 0.778. The zero-order valence-corrected chi connectivity index (χ0v) is 15.1. The average molecular weight is 394 g/mol. The molecule has 0 radical (unpaired) electrons. The molecule has 1 saturated heterocycles. The highest BCUT2D eigenvalue weighted by atomic mass is 32.2. The normalized spacial score (nSPS) is 19.4. The van der Waals surface area contributed by atoms with Crippen molar-refractivity contribution in [1.29, 1.82) is 0 Å². The second kappa shape index (κ2) is 6.17. The number of sulfonamides is 1. The summed E-state index contributed by atoms with van der Waals surface area (Å²) in [6.45, 7) is 0.591. The molecule has 1 aromatic carbocycles. The Morgan fingerprint density at radius 3 is 2.33 bits per heavy atom.